The Bertz CT molecular complexity index is 1510. The molecule has 1 aliphatic heterocycles. The molecule has 3 aromatic rings. The summed E-state index contributed by atoms with van der Waals surface area (Å²) in [5, 5.41) is 10.8. The van der Waals surface area contributed by atoms with Crippen LogP contribution >= 0.6 is 22.9 Å². The lowest BCUT2D eigenvalue weighted by molar-refractivity contribution is -0.155. The van der Waals surface area contributed by atoms with Crippen molar-refractivity contribution in [2.45, 2.75) is 95.8 Å². The highest BCUT2D eigenvalue weighted by Crippen LogP contribution is 2.51. The van der Waals surface area contributed by atoms with E-state index in [1.807, 2.05) is 27.7 Å². The second kappa shape index (κ2) is 11.8. The molecule has 1 fully saturated rings. The van der Waals surface area contributed by atoms with Crippen LogP contribution in [0.15, 0.2) is 12.3 Å². The third-order valence-electron chi connectivity index (χ3n) is 8.18. The van der Waals surface area contributed by atoms with E-state index in [1.165, 1.54) is 11.3 Å². The van der Waals surface area contributed by atoms with Crippen molar-refractivity contribution in [3.63, 3.8) is 0 Å². The quantitative estimate of drug-likeness (QED) is 0.244. The Morgan fingerprint density at radius 1 is 1.38 bits per heavy atom. The Morgan fingerprint density at radius 2 is 2.17 bits per heavy atom. The summed E-state index contributed by atoms with van der Waals surface area (Å²) in [6.45, 7) is 8.64. The number of anilines is 1. The van der Waals surface area contributed by atoms with Crippen molar-refractivity contribution in [3.8, 4) is 23.6 Å². The summed E-state index contributed by atoms with van der Waals surface area (Å²) in [5.74, 6) is 0.818. The number of nitrogen functional groups attached to an aromatic ring is 1. The Hall–Kier alpha value is -3.20. The molecule has 0 spiro atoms. The predicted octanol–water partition coefficient (Wildman–Crippen LogP) is 5.64. The fourth-order valence-electron chi connectivity index (χ4n) is 6.37. The lowest BCUT2D eigenvalue weighted by Gasteiger charge is -2.37. The van der Waals surface area contributed by atoms with Crippen molar-refractivity contribution in [2.24, 2.45) is 0 Å². The number of carbonyl (C=O) groups is 1. The molecule has 1 saturated heterocycles. The average Bonchev–Trinajstić information content (AvgIpc) is 3.64. The van der Waals surface area contributed by atoms with E-state index in [4.69, 9.17) is 26.8 Å². The molecule has 224 valence electrons. The summed E-state index contributed by atoms with van der Waals surface area (Å²) < 4.78 is 11.9. The van der Waals surface area contributed by atoms with Crippen LogP contribution in [0.2, 0.25) is 5.15 Å². The molecule has 1 aliphatic carbocycles. The topological polar surface area (TPSA) is 143 Å². The molecular formula is C30H38ClN7O3S. The lowest BCUT2D eigenvalue weighted by atomic mass is 9.66. The van der Waals surface area contributed by atoms with E-state index in [-0.39, 0.29) is 23.6 Å². The average molecular weight is 612 g/mol. The van der Waals surface area contributed by atoms with Gasteiger partial charge in [0, 0.05) is 40.7 Å². The first-order valence-corrected chi connectivity index (χ1v) is 15.6. The molecule has 0 saturated carbocycles. The van der Waals surface area contributed by atoms with E-state index < -0.39 is 11.0 Å². The monoisotopic (exact) mass is 611 g/mol. The molecule has 3 N–H and O–H groups in total. The van der Waals surface area contributed by atoms with E-state index in [2.05, 4.69) is 38.0 Å². The molecule has 4 heterocycles. The number of aryl methyl sites for hydroxylation is 1. The number of hydrogen-bond acceptors (Lipinski definition) is 10. The van der Waals surface area contributed by atoms with E-state index in [1.54, 1.807) is 12.3 Å². The highest BCUT2D eigenvalue weighted by atomic mass is 35.5. The maximum atomic E-state index is 12.9. The molecule has 2 aliphatic rings. The molecule has 0 amide bonds. The molecule has 0 bridgehead atoms. The highest BCUT2D eigenvalue weighted by molar-refractivity contribution is 7.16. The number of nitrogens with zero attached hydrogens (tertiary/aromatic N) is 5. The number of thiophene rings is 1. The van der Waals surface area contributed by atoms with E-state index in [9.17, 15) is 10.1 Å². The summed E-state index contributed by atoms with van der Waals surface area (Å²) in [5.41, 5.74) is 7.15. The van der Waals surface area contributed by atoms with Gasteiger partial charge in [0.2, 0.25) is 11.7 Å². The van der Waals surface area contributed by atoms with Crippen LogP contribution in [0, 0.1) is 11.3 Å². The number of likely N-dealkylation sites (tertiary alicyclic amines) is 1. The van der Waals surface area contributed by atoms with Crippen LogP contribution in [0.1, 0.15) is 87.9 Å². The number of H-pyrrole nitrogens is 1. The minimum Gasteiger partial charge on any atom is -0.473 e. The number of nitrogens with two attached hydrogens (primary N) is 1. The molecule has 42 heavy (non-hydrogen) atoms. The summed E-state index contributed by atoms with van der Waals surface area (Å²) in [6.07, 6.45) is 6.89. The maximum absolute atomic E-state index is 12.9. The fraction of sp³-hybridized carbons (Fsp3) is 0.567. The number of imidazole rings is 1. The van der Waals surface area contributed by atoms with Gasteiger partial charge < -0.3 is 20.2 Å². The Labute approximate surface area is 255 Å². The number of ether oxygens (including phenoxy) is 2. The molecule has 10 nitrogen and oxygen atoms in total. The van der Waals surface area contributed by atoms with Gasteiger partial charge in [0.15, 0.2) is 5.82 Å². The van der Waals surface area contributed by atoms with E-state index in [0.717, 1.165) is 48.4 Å². The van der Waals surface area contributed by atoms with Crippen LogP contribution in [0.25, 0.3) is 11.6 Å². The van der Waals surface area contributed by atoms with Gasteiger partial charge in [-0.25, -0.2) is 9.97 Å². The molecule has 12 heteroatoms. The molecule has 0 radical (unpaired) electrons. The third kappa shape index (κ3) is 6.12. The molecule has 0 aromatic carbocycles. The summed E-state index contributed by atoms with van der Waals surface area (Å²) in [4.78, 5) is 33.4. The van der Waals surface area contributed by atoms with Gasteiger partial charge in [-0.3, -0.25) is 9.69 Å². The number of nitriles is 1. The zero-order chi connectivity index (χ0) is 30.2. The maximum Gasteiger partial charge on any atom is 0.306 e. The second-order valence-corrected chi connectivity index (χ2v) is 13.8. The zero-order valence-electron chi connectivity index (χ0n) is 24.8. The van der Waals surface area contributed by atoms with Crippen molar-refractivity contribution in [3.05, 3.63) is 39.1 Å². The molecule has 3 aromatic heterocycles. The van der Waals surface area contributed by atoms with Crippen molar-refractivity contribution in [1.82, 2.24) is 24.8 Å². The van der Waals surface area contributed by atoms with E-state index >= 15 is 0 Å². The number of nitrogens with one attached hydrogen (secondary N) is 1. The largest absolute Gasteiger partial charge is 0.473 e. The standard InChI is InChI=1S/C30H38ClN7O3S/c1-17(19-8-7-13-38(19)5)40-23-14-22(31)36-28(37-23)27-34-16-21(35-27)30(12-10-24(39)41-29(2,3)4)11-6-9-20-25(30)18(15-32)26(33)42-20/h14,16-17,19H,6-13,33H2,1-5H3,(H,34,35)/t17-,19-,30?/m0/s1. The van der Waals surface area contributed by atoms with Gasteiger partial charge in [0.25, 0.3) is 0 Å². The van der Waals surface area contributed by atoms with Gasteiger partial charge in [-0.05, 0) is 85.4 Å². The smallest absolute Gasteiger partial charge is 0.306 e. The first-order valence-electron chi connectivity index (χ1n) is 14.4. The summed E-state index contributed by atoms with van der Waals surface area (Å²) >= 11 is 7.87. The third-order valence-corrected chi connectivity index (χ3v) is 9.45. The first kappa shape index (κ1) is 30.3. The van der Waals surface area contributed by atoms with Crippen molar-refractivity contribution in [1.29, 1.82) is 5.26 Å². The number of likely N-dealkylation sites (N-methyl/N-ethyl adjacent to an activating group) is 1. The Morgan fingerprint density at radius 3 is 2.86 bits per heavy atom. The summed E-state index contributed by atoms with van der Waals surface area (Å²) in [7, 11) is 2.11. The Balaban J connectivity index is 1.50. The minimum atomic E-state index is -0.686. The van der Waals surface area contributed by atoms with Gasteiger partial charge >= 0.3 is 5.97 Å². The van der Waals surface area contributed by atoms with Crippen LogP contribution in [0.3, 0.4) is 0 Å². The minimum absolute atomic E-state index is 0.0753. The number of aromatic amines is 1. The SMILES string of the molecule is C[C@H](Oc1cc(Cl)nc(-c2ncc(C3(CCC(=O)OC(C)(C)C)CCCc4sc(N)c(C#N)c43)[nH]2)n1)[C@@H]1CCCN1C. The van der Waals surface area contributed by atoms with Crippen molar-refractivity contribution < 1.29 is 14.3 Å². The van der Waals surface area contributed by atoms with Gasteiger partial charge in [-0.1, -0.05) is 11.6 Å². The predicted molar refractivity (Wildman–Crippen MR) is 163 cm³/mol. The second-order valence-electron chi connectivity index (χ2n) is 12.3. The summed E-state index contributed by atoms with van der Waals surface area (Å²) in [6, 6.07) is 4.24. The number of halogens is 1. The molecule has 1 unspecified atom stereocenters. The van der Waals surface area contributed by atoms with Crippen LogP contribution in [0.5, 0.6) is 5.88 Å². The van der Waals surface area contributed by atoms with Crippen LogP contribution in [-0.2, 0) is 21.4 Å². The molecule has 5 rings (SSSR count). The van der Waals surface area contributed by atoms with Crippen molar-refractivity contribution in [2.75, 3.05) is 19.3 Å². The van der Waals surface area contributed by atoms with Gasteiger partial charge in [-0.15, -0.1) is 11.3 Å². The zero-order valence-corrected chi connectivity index (χ0v) is 26.4. The van der Waals surface area contributed by atoms with Crippen LogP contribution in [-0.4, -0.2) is 62.1 Å². The normalized spacial score (nSPS) is 21.5. The molecule has 3 atom stereocenters. The number of rotatable bonds is 8. The fourth-order valence-corrected chi connectivity index (χ4v) is 7.70. The Kier molecular flexibility index (Phi) is 8.52. The lowest BCUT2D eigenvalue weighted by Crippen LogP contribution is -2.38. The molecular weight excluding hydrogens is 574 g/mol. The van der Waals surface area contributed by atoms with Crippen molar-refractivity contribution >= 4 is 33.9 Å². The number of esters is 1. The van der Waals surface area contributed by atoms with Crippen LogP contribution < -0.4 is 10.5 Å². The van der Waals surface area contributed by atoms with Crippen LogP contribution in [0.4, 0.5) is 5.00 Å². The van der Waals surface area contributed by atoms with Gasteiger partial charge in [0.1, 0.15) is 27.9 Å². The highest BCUT2D eigenvalue weighted by Gasteiger charge is 2.44. The van der Waals surface area contributed by atoms with E-state index in [0.29, 0.717) is 47.0 Å². The number of carbonyl (C=O) groups excluding carboxylic acids is 1. The number of fused-ring (bicyclic) bond motifs is 1. The number of aromatic nitrogens is 4. The number of hydrogen-bond donors (Lipinski definition) is 2. The van der Waals surface area contributed by atoms with Gasteiger partial charge in [-0.2, -0.15) is 10.2 Å². The van der Waals surface area contributed by atoms with Gasteiger partial charge in [0.05, 0.1) is 5.56 Å². The first-order chi connectivity index (χ1) is 19.9.